The van der Waals surface area contributed by atoms with Crippen molar-refractivity contribution < 1.29 is 69.1 Å². The maximum absolute atomic E-state index is 12.3. The third-order valence-electron chi connectivity index (χ3n) is 2.17. The monoisotopic (exact) mass is 281 g/mol. The third kappa shape index (κ3) is 5.71. The van der Waals surface area contributed by atoms with Gasteiger partial charge in [0.1, 0.15) is 0 Å². The molecule has 0 saturated carbocycles. The number of halogens is 3. The molecule has 0 bridgehead atoms. The van der Waals surface area contributed by atoms with E-state index in [1.54, 1.807) is 14.1 Å². The van der Waals surface area contributed by atoms with Gasteiger partial charge in [0.2, 0.25) is 5.91 Å². The Hall–Kier alpha value is -0.0787. The summed E-state index contributed by atoms with van der Waals surface area (Å²) in [6.07, 6.45) is 2.79. The van der Waals surface area contributed by atoms with Crippen LogP contribution in [0.5, 0.6) is 0 Å². The van der Waals surface area contributed by atoms with E-state index in [1.165, 1.54) is 29.2 Å². The predicted octanol–water partition coefficient (Wildman–Crippen LogP) is -1.15. The van der Waals surface area contributed by atoms with Crippen molar-refractivity contribution in [2.75, 3.05) is 14.1 Å². The number of amides is 1. The first-order valence-electron chi connectivity index (χ1n) is 5.00. The average Bonchev–Trinajstić information content (AvgIpc) is 2.25. The minimum atomic E-state index is -4.96. The van der Waals surface area contributed by atoms with Gasteiger partial charge in [0.15, 0.2) is 0 Å². The fraction of sp³-hybridized carbons (Fsp3) is 0.182. The van der Waals surface area contributed by atoms with Crippen LogP contribution in [0.15, 0.2) is 30.3 Å². The second kappa shape index (κ2) is 7.50. The summed E-state index contributed by atoms with van der Waals surface area (Å²) in [5.74, 6) is -0.214. The molecule has 2 nitrogen and oxygen atoms in total. The van der Waals surface area contributed by atoms with Gasteiger partial charge in [0.05, 0.1) is 0 Å². The van der Waals surface area contributed by atoms with Crippen LogP contribution in [0, 0.1) is 0 Å². The Morgan fingerprint density at radius 1 is 1.17 bits per heavy atom. The van der Waals surface area contributed by atoms with Gasteiger partial charge in [0.25, 0.3) is 0 Å². The van der Waals surface area contributed by atoms with Gasteiger partial charge in [-0.25, -0.2) is 0 Å². The molecule has 0 spiro atoms. The van der Waals surface area contributed by atoms with Crippen LogP contribution in [-0.2, 0) is 4.79 Å². The molecule has 1 amide bonds. The van der Waals surface area contributed by atoms with Crippen LogP contribution < -0.4 is 56.8 Å². The summed E-state index contributed by atoms with van der Waals surface area (Å²) in [4.78, 5) is 12.6. The second-order valence-electron chi connectivity index (χ2n) is 3.81. The van der Waals surface area contributed by atoms with Crippen molar-refractivity contribution in [2.24, 2.45) is 0 Å². The maximum atomic E-state index is 12.3. The van der Waals surface area contributed by atoms with Crippen molar-refractivity contribution in [1.29, 1.82) is 0 Å². The summed E-state index contributed by atoms with van der Waals surface area (Å²) < 4.78 is 37.0. The van der Waals surface area contributed by atoms with Crippen LogP contribution in [0.3, 0.4) is 0 Å². The van der Waals surface area contributed by atoms with Gasteiger partial charge >= 0.3 is 58.4 Å². The number of hydrogen-bond acceptors (Lipinski definition) is 1. The zero-order valence-electron chi connectivity index (χ0n) is 10.5. The van der Waals surface area contributed by atoms with Gasteiger partial charge in [-0.3, -0.25) is 4.79 Å². The largest absolute Gasteiger partial charge is 1.00 e. The smallest absolute Gasteiger partial charge is 0.445 e. The zero-order valence-corrected chi connectivity index (χ0v) is 13.7. The van der Waals surface area contributed by atoms with Crippen molar-refractivity contribution in [3.63, 3.8) is 0 Å². The molecule has 0 N–H and O–H groups in total. The van der Waals surface area contributed by atoms with Crippen molar-refractivity contribution >= 4 is 24.4 Å². The predicted molar refractivity (Wildman–Crippen MR) is 62.9 cm³/mol. The van der Waals surface area contributed by atoms with Crippen molar-refractivity contribution in [1.82, 2.24) is 4.90 Å². The quantitative estimate of drug-likeness (QED) is 0.506. The molecule has 1 rings (SSSR count). The average molecular weight is 281 g/mol. The summed E-state index contributed by atoms with van der Waals surface area (Å²) >= 11 is 0. The fourth-order valence-corrected chi connectivity index (χ4v) is 1.14. The summed E-state index contributed by atoms with van der Waals surface area (Å²) in [5.41, 5.74) is -0.0786. The number of carbonyl (C=O) groups is 1. The Morgan fingerprint density at radius 2 is 1.67 bits per heavy atom. The fourth-order valence-electron chi connectivity index (χ4n) is 1.14. The molecule has 0 aliphatic carbocycles. The van der Waals surface area contributed by atoms with Crippen LogP contribution in [0.1, 0.15) is 5.56 Å². The van der Waals surface area contributed by atoms with E-state index in [2.05, 4.69) is 0 Å². The van der Waals surface area contributed by atoms with E-state index in [1.807, 2.05) is 0 Å². The van der Waals surface area contributed by atoms with Gasteiger partial charge in [-0.05, 0) is 11.6 Å². The molecule has 0 atom stereocenters. The Labute approximate surface area is 147 Å². The molecule has 1 aromatic carbocycles. The van der Waals surface area contributed by atoms with Crippen LogP contribution >= 0.6 is 0 Å². The normalized spacial score (nSPS) is 11.2. The molecule has 0 unspecified atom stereocenters. The van der Waals surface area contributed by atoms with Crippen LogP contribution in [-0.4, -0.2) is 31.9 Å². The Bertz CT molecular complexity index is 429. The Morgan fingerprint density at radius 3 is 2.06 bits per heavy atom. The Balaban J connectivity index is 0.00000289. The van der Waals surface area contributed by atoms with E-state index >= 15 is 0 Å². The van der Waals surface area contributed by atoms with Gasteiger partial charge in [-0.1, -0.05) is 24.3 Å². The van der Waals surface area contributed by atoms with Crippen LogP contribution in [0.2, 0.25) is 0 Å². The molecule has 0 heterocycles. The molecule has 0 saturated heterocycles. The minimum Gasteiger partial charge on any atom is -0.445 e. The van der Waals surface area contributed by atoms with E-state index in [-0.39, 0.29) is 57.3 Å². The van der Waals surface area contributed by atoms with Gasteiger partial charge in [0, 0.05) is 20.2 Å². The van der Waals surface area contributed by atoms with Gasteiger partial charge in [-0.15, -0.1) is 5.46 Å². The van der Waals surface area contributed by atoms with Gasteiger partial charge in [-0.2, -0.15) is 0 Å². The Kier molecular flexibility index (Phi) is 7.46. The first-order valence-corrected chi connectivity index (χ1v) is 5.00. The van der Waals surface area contributed by atoms with E-state index in [4.69, 9.17) is 0 Å². The van der Waals surface area contributed by atoms with Gasteiger partial charge < -0.3 is 17.8 Å². The van der Waals surface area contributed by atoms with Crippen molar-refractivity contribution in [3.8, 4) is 0 Å². The summed E-state index contributed by atoms with van der Waals surface area (Å²) in [6, 6.07) is 4.70. The first-order chi connectivity index (χ1) is 7.80. The molecule has 18 heavy (non-hydrogen) atoms. The van der Waals surface area contributed by atoms with E-state index in [0.717, 1.165) is 12.1 Å². The standard InChI is InChI=1S/C11H12BF3NO.K/c1-16(2)11(17)8-5-9-3-6-10(7-4-9)12(13,14)15;/h3-8H,1-2H3;/q-1;+1/b8-5+;. The molecule has 7 heteroatoms. The maximum Gasteiger partial charge on any atom is 1.00 e. The second-order valence-corrected chi connectivity index (χ2v) is 3.81. The molecule has 0 fully saturated rings. The first kappa shape index (κ1) is 17.9. The minimum absolute atomic E-state index is 0. The van der Waals surface area contributed by atoms with E-state index in [0.29, 0.717) is 5.56 Å². The molecule has 0 aliphatic heterocycles. The third-order valence-corrected chi connectivity index (χ3v) is 2.17. The number of carbonyl (C=O) groups excluding carboxylic acids is 1. The molecule has 0 aliphatic rings. The van der Waals surface area contributed by atoms with Crippen LogP contribution in [0.4, 0.5) is 12.9 Å². The number of nitrogens with zero attached hydrogens (tertiary/aromatic N) is 1. The molecule has 1 aromatic rings. The molecular weight excluding hydrogens is 269 g/mol. The van der Waals surface area contributed by atoms with Crippen LogP contribution in [0.25, 0.3) is 6.08 Å². The number of benzene rings is 1. The zero-order chi connectivity index (χ0) is 13.1. The van der Waals surface area contributed by atoms with Crippen molar-refractivity contribution in [3.05, 3.63) is 35.9 Å². The summed E-state index contributed by atoms with van der Waals surface area (Å²) in [5, 5.41) is 0. The molecule has 92 valence electrons. The SMILES string of the molecule is CN(C)C(=O)/C=C/c1ccc([B-](F)(F)F)cc1.[K+]. The van der Waals surface area contributed by atoms with E-state index < -0.39 is 12.4 Å². The topological polar surface area (TPSA) is 20.3 Å². The van der Waals surface area contributed by atoms with Crippen molar-refractivity contribution in [2.45, 2.75) is 0 Å². The number of hydrogen-bond donors (Lipinski definition) is 0. The summed E-state index contributed by atoms with van der Waals surface area (Å²) in [6.45, 7) is -4.96. The summed E-state index contributed by atoms with van der Waals surface area (Å²) in [7, 11) is 3.20. The van der Waals surface area contributed by atoms with E-state index in [9.17, 15) is 17.7 Å². The number of rotatable bonds is 3. The molecule has 0 aromatic heterocycles. The number of likely N-dealkylation sites (N-methyl/N-ethyl adjacent to an activating group) is 1. The molecule has 0 radical (unpaired) electrons. The molecular formula is C11H12BF3KNO.